The first-order valence-electron chi connectivity index (χ1n) is 7.33. The smallest absolute Gasteiger partial charge is 0.251 e. The summed E-state index contributed by atoms with van der Waals surface area (Å²) in [6.07, 6.45) is 0.111. The first-order valence-corrected chi connectivity index (χ1v) is 7.33. The van der Waals surface area contributed by atoms with Crippen molar-refractivity contribution in [2.24, 2.45) is 0 Å². The maximum absolute atomic E-state index is 12.5. The molecule has 1 aliphatic rings. The molecule has 1 N–H and O–H groups in total. The van der Waals surface area contributed by atoms with E-state index in [9.17, 15) is 8.78 Å². The number of nitrogens with one attached hydrogen (secondary N) is 1. The summed E-state index contributed by atoms with van der Waals surface area (Å²) in [5.41, 5.74) is 1.92. The van der Waals surface area contributed by atoms with E-state index in [2.05, 4.69) is 5.32 Å². The number of hydrogen-bond donors (Lipinski definition) is 1. The van der Waals surface area contributed by atoms with Gasteiger partial charge in [-0.2, -0.15) is 0 Å². The molecule has 1 aromatic carbocycles. The summed E-state index contributed by atoms with van der Waals surface area (Å²) in [4.78, 5) is 1.60. The van der Waals surface area contributed by atoms with Gasteiger partial charge < -0.3 is 9.73 Å². The lowest BCUT2D eigenvalue weighted by Crippen LogP contribution is -2.25. The van der Waals surface area contributed by atoms with E-state index >= 15 is 0 Å². The van der Waals surface area contributed by atoms with Crippen LogP contribution >= 0.6 is 0 Å². The maximum atomic E-state index is 12.5. The van der Waals surface area contributed by atoms with Crippen LogP contribution in [0.25, 0.3) is 11.0 Å². The average molecular weight is 294 g/mol. The highest BCUT2D eigenvalue weighted by molar-refractivity contribution is 5.82. The fraction of sp³-hybridized carbons (Fsp3) is 0.500. The van der Waals surface area contributed by atoms with Crippen molar-refractivity contribution in [2.45, 2.75) is 38.4 Å². The largest absolute Gasteiger partial charge is 0.459 e. The van der Waals surface area contributed by atoms with E-state index in [1.54, 1.807) is 11.9 Å². The first kappa shape index (κ1) is 14.5. The zero-order valence-electron chi connectivity index (χ0n) is 12.1. The molecule has 0 aliphatic heterocycles. The summed E-state index contributed by atoms with van der Waals surface area (Å²) in [5.74, 6) is 0.785. The lowest BCUT2D eigenvalue weighted by molar-refractivity contribution is 0.0947. The summed E-state index contributed by atoms with van der Waals surface area (Å²) >= 11 is 0. The van der Waals surface area contributed by atoms with Gasteiger partial charge in [-0.15, -0.1) is 0 Å². The highest BCUT2D eigenvalue weighted by Crippen LogP contribution is 2.28. The lowest BCUT2D eigenvalue weighted by atomic mass is 10.1. The Hall–Kier alpha value is -1.46. The van der Waals surface area contributed by atoms with Gasteiger partial charge in [0.05, 0.1) is 13.1 Å². The van der Waals surface area contributed by atoms with Crippen LogP contribution in [-0.4, -0.2) is 31.0 Å². The van der Waals surface area contributed by atoms with Crippen molar-refractivity contribution in [1.29, 1.82) is 0 Å². The molecule has 21 heavy (non-hydrogen) atoms. The second-order valence-corrected chi connectivity index (χ2v) is 5.74. The first-order chi connectivity index (χ1) is 10.1. The van der Waals surface area contributed by atoms with Gasteiger partial charge >= 0.3 is 0 Å². The number of rotatable bonds is 7. The van der Waals surface area contributed by atoms with Crippen molar-refractivity contribution >= 4 is 11.0 Å². The minimum Gasteiger partial charge on any atom is -0.459 e. The van der Waals surface area contributed by atoms with Crippen molar-refractivity contribution in [3.8, 4) is 0 Å². The molecule has 3 rings (SSSR count). The Bertz CT molecular complexity index is 607. The molecule has 0 amide bonds. The SMILES string of the molecule is CN(Cc1oc2ccccc2c1CNC1CC1)CC(F)F. The summed E-state index contributed by atoms with van der Waals surface area (Å²) in [7, 11) is 1.69. The Morgan fingerprint density at radius 2 is 2.10 bits per heavy atom. The van der Waals surface area contributed by atoms with Gasteiger partial charge in [-0.05, 0) is 26.0 Å². The van der Waals surface area contributed by atoms with Gasteiger partial charge in [0.25, 0.3) is 6.43 Å². The fourth-order valence-corrected chi connectivity index (χ4v) is 2.55. The second-order valence-electron chi connectivity index (χ2n) is 5.74. The van der Waals surface area contributed by atoms with E-state index in [1.165, 1.54) is 12.8 Å². The van der Waals surface area contributed by atoms with Gasteiger partial charge in [0.2, 0.25) is 0 Å². The summed E-state index contributed by atoms with van der Waals surface area (Å²) < 4.78 is 30.8. The normalized spacial score (nSPS) is 15.5. The molecule has 0 spiro atoms. The quantitative estimate of drug-likeness (QED) is 0.848. The zero-order chi connectivity index (χ0) is 14.8. The average Bonchev–Trinajstić information content (AvgIpc) is 3.18. The third-order valence-electron chi connectivity index (χ3n) is 3.79. The minimum atomic E-state index is -2.33. The molecule has 0 unspecified atom stereocenters. The van der Waals surface area contributed by atoms with Crippen LogP contribution in [-0.2, 0) is 13.1 Å². The predicted molar refractivity (Wildman–Crippen MR) is 78.4 cm³/mol. The molecule has 3 nitrogen and oxygen atoms in total. The van der Waals surface area contributed by atoms with Crippen LogP contribution in [0, 0.1) is 0 Å². The monoisotopic (exact) mass is 294 g/mol. The number of benzene rings is 1. The van der Waals surface area contributed by atoms with Crippen molar-refractivity contribution in [2.75, 3.05) is 13.6 Å². The number of nitrogens with zero attached hydrogens (tertiary/aromatic N) is 1. The van der Waals surface area contributed by atoms with Crippen LogP contribution in [0.4, 0.5) is 8.78 Å². The molecular weight excluding hydrogens is 274 g/mol. The van der Waals surface area contributed by atoms with Crippen LogP contribution in [0.15, 0.2) is 28.7 Å². The Kier molecular flexibility index (Phi) is 4.22. The van der Waals surface area contributed by atoms with E-state index in [0.717, 1.165) is 28.8 Å². The summed E-state index contributed by atoms with van der Waals surface area (Å²) in [6.45, 7) is 0.896. The summed E-state index contributed by atoms with van der Waals surface area (Å²) in [6, 6.07) is 8.46. The Morgan fingerprint density at radius 1 is 1.33 bits per heavy atom. The van der Waals surface area contributed by atoms with Crippen molar-refractivity contribution in [3.63, 3.8) is 0 Å². The number of hydrogen-bond acceptors (Lipinski definition) is 3. The third-order valence-corrected chi connectivity index (χ3v) is 3.79. The number of fused-ring (bicyclic) bond motifs is 1. The molecule has 0 bridgehead atoms. The van der Waals surface area contributed by atoms with Gasteiger partial charge in [0.15, 0.2) is 0 Å². The molecule has 1 heterocycles. The van der Waals surface area contributed by atoms with Crippen molar-refractivity contribution in [1.82, 2.24) is 10.2 Å². The van der Waals surface area contributed by atoms with Crippen LogP contribution in [0.5, 0.6) is 0 Å². The molecule has 0 atom stereocenters. The maximum Gasteiger partial charge on any atom is 0.251 e. The zero-order valence-corrected chi connectivity index (χ0v) is 12.1. The molecule has 2 aromatic rings. The van der Waals surface area contributed by atoms with Crippen LogP contribution in [0.1, 0.15) is 24.2 Å². The number of para-hydroxylation sites is 1. The molecule has 0 saturated heterocycles. The number of furan rings is 1. The summed E-state index contributed by atoms with van der Waals surface area (Å²) in [5, 5.41) is 4.55. The van der Waals surface area contributed by atoms with Gasteiger partial charge in [-0.1, -0.05) is 18.2 Å². The van der Waals surface area contributed by atoms with Crippen molar-refractivity contribution in [3.05, 3.63) is 35.6 Å². The standard InChI is InChI=1S/C16H20F2N2O/c1-20(10-16(17)18)9-15-13(8-19-11-6-7-11)12-4-2-3-5-14(12)21-15/h2-5,11,16,19H,6-10H2,1H3. The van der Waals surface area contributed by atoms with E-state index in [-0.39, 0.29) is 6.54 Å². The van der Waals surface area contributed by atoms with Crippen molar-refractivity contribution < 1.29 is 13.2 Å². The molecular formula is C16H20F2N2O. The van der Waals surface area contributed by atoms with E-state index in [4.69, 9.17) is 4.42 Å². The Morgan fingerprint density at radius 3 is 2.81 bits per heavy atom. The lowest BCUT2D eigenvalue weighted by Gasteiger charge is -2.15. The molecule has 1 saturated carbocycles. The second kappa shape index (κ2) is 6.12. The van der Waals surface area contributed by atoms with Gasteiger partial charge in [-0.3, -0.25) is 4.90 Å². The van der Waals surface area contributed by atoms with Crippen LogP contribution in [0.3, 0.4) is 0 Å². The molecule has 1 aliphatic carbocycles. The van der Waals surface area contributed by atoms with E-state index in [0.29, 0.717) is 12.6 Å². The molecule has 1 fully saturated rings. The van der Waals surface area contributed by atoms with Gasteiger partial charge in [0, 0.05) is 23.5 Å². The topological polar surface area (TPSA) is 28.4 Å². The fourth-order valence-electron chi connectivity index (χ4n) is 2.55. The predicted octanol–water partition coefficient (Wildman–Crippen LogP) is 3.38. The van der Waals surface area contributed by atoms with Crippen LogP contribution < -0.4 is 5.32 Å². The molecule has 1 aromatic heterocycles. The highest BCUT2D eigenvalue weighted by Gasteiger charge is 2.23. The van der Waals surface area contributed by atoms with E-state index < -0.39 is 6.43 Å². The Labute approximate surface area is 122 Å². The minimum absolute atomic E-state index is 0.244. The highest BCUT2D eigenvalue weighted by atomic mass is 19.3. The van der Waals surface area contributed by atoms with E-state index in [1.807, 2.05) is 24.3 Å². The van der Waals surface area contributed by atoms with Gasteiger partial charge in [-0.25, -0.2) is 8.78 Å². The number of alkyl halides is 2. The Balaban J connectivity index is 1.82. The van der Waals surface area contributed by atoms with Gasteiger partial charge in [0.1, 0.15) is 11.3 Å². The third kappa shape index (κ3) is 3.60. The molecule has 0 radical (unpaired) electrons. The number of halogens is 2. The molecule has 5 heteroatoms. The molecule has 114 valence electrons. The van der Waals surface area contributed by atoms with Crippen LogP contribution in [0.2, 0.25) is 0 Å².